The lowest BCUT2D eigenvalue weighted by molar-refractivity contribution is -0.131. The number of Topliss-reactive ketones (excluding diaryl/α,β-unsaturated/α-hetero) is 1. The first-order valence-corrected chi connectivity index (χ1v) is 13.3. The predicted molar refractivity (Wildman–Crippen MR) is 138 cm³/mol. The van der Waals surface area contributed by atoms with E-state index in [4.69, 9.17) is 14.5 Å². The van der Waals surface area contributed by atoms with Gasteiger partial charge in [0, 0.05) is 22.8 Å². The SMILES string of the molecule is COc1cccc(C2=N/C(=C3\C=C[C@@]4(C)C(=C3)CC[C@@H]3[C@@H]4CC[C@]4(C)C(=O)CC[C@@H]34)C(C)(C)O2)c1. The van der Waals surface area contributed by atoms with Crippen molar-refractivity contribution in [2.24, 2.45) is 33.6 Å². The molecule has 1 heterocycles. The quantitative estimate of drug-likeness (QED) is 0.476. The number of fused-ring (bicyclic) bond motifs is 5. The van der Waals surface area contributed by atoms with Crippen LogP contribution in [0.4, 0.5) is 0 Å². The van der Waals surface area contributed by atoms with Gasteiger partial charge in [0.05, 0.1) is 12.8 Å². The minimum Gasteiger partial charge on any atom is -0.497 e. The molecule has 0 aromatic heterocycles. The van der Waals surface area contributed by atoms with Crippen molar-refractivity contribution in [3.63, 3.8) is 0 Å². The summed E-state index contributed by atoms with van der Waals surface area (Å²) >= 11 is 0. The molecule has 3 fully saturated rings. The first-order chi connectivity index (χ1) is 16.7. The van der Waals surface area contributed by atoms with Crippen molar-refractivity contribution in [1.82, 2.24) is 0 Å². The average molecular weight is 472 g/mol. The second-order valence-corrected chi connectivity index (χ2v) is 12.2. The molecule has 35 heavy (non-hydrogen) atoms. The van der Waals surface area contributed by atoms with Crippen LogP contribution in [0.1, 0.15) is 71.8 Å². The summed E-state index contributed by atoms with van der Waals surface area (Å²) in [6, 6.07) is 7.89. The van der Waals surface area contributed by atoms with E-state index in [9.17, 15) is 4.79 Å². The molecular weight excluding hydrogens is 434 g/mol. The maximum atomic E-state index is 12.7. The van der Waals surface area contributed by atoms with Gasteiger partial charge in [-0.25, -0.2) is 4.99 Å². The molecule has 184 valence electrons. The molecule has 5 aliphatic rings. The van der Waals surface area contributed by atoms with Gasteiger partial charge in [-0.3, -0.25) is 4.79 Å². The molecule has 5 atom stereocenters. The molecule has 3 saturated carbocycles. The Morgan fingerprint density at radius 3 is 2.69 bits per heavy atom. The number of aliphatic imine (C=N–C) groups is 1. The van der Waals surface area contributed by atoms with Gasteiger partial charge in [0.2, 0.25) is 5.90 Å². The van der Waals surface area contributed by atoms with Gasteiger partial charge < -0.3 is 9.47 Å². The number of hydrogen-bond acceptors (Lipinski definition) is 4. The molecule has 0 saturated heterocycles. The van der Waals surface area contributed by atoms with Gasteiger partial charge in [0.15, 0.2) is 0 Å². The average Bonchev–Trinajstić information content (AvgIpc) is 3.33. The Morgan fingerprint density at radius 2 is 1.89 bits per heavy atom. The highest BCUT2D eigenvalue weighted by atomic mass is 16.5. The molecule has 1 aromatic carbocycles. The molecule has 0 spiro atoms. The number of methoxy groups -OCH3 is 1. The number of benzene rings is 1. The summed E-state index contributed by atoms with van der Waals surface area (Å²) in [6.45, 7) is 8.90. The van der Waals surface area contributed by atoms with Crippen LogP contribution in [-0.4, -0.2) is 24.4 Å². The molecule has 0 amide bonds. The lowest BCUT2D eigenvalue weighted by atomic mass is 9.48. The van der Waals surface area contributed by atoms with E-state index in [1.165, 1.54) is 12.0 Å². The van der Waals surface area contributed by atoms with Crippen molar-refractivity contribution < 1.29 is 14.3 Å². The molecule has 0 N–H and O–H groups in total. The van der Waals surface area contributed by atoms with Crippen molar-refractivity contribution in [3.8, 4) is 5.75 Å². The highest BCUT2D eigenvalue weighted by molar-refractivity contribution is 5.97. The molecular formula is C31H37NO3. The Balaban J connectivity index is 1.34. The highest BCUT2D eigenvalue weighted by Gasteiger charge is 2.58. The summed E-state index contributed by atoms with van der Waals surface area (Å²) < 4.78 is 11.8. The van der Waals surface area contributed by atoms with Crippen molar-refractivity contribution >= 4 is 11.7 Å². The molecule has 4 heteroatoms. The summed E-state index contributed by atoms with van der Waals surface area (Å²) in [7, 11) is 1.68. The Kier molecular flexibility index (Phi) is 5.01. The lowest BCUT2D eigenvalue weighted by Crippen LogP contribution is -2.49. The van der Waals surface area contributed by atoms with Crippen LogP contribution < -0.4 is 4.74 Å². The van der Waals surface area contributed by atoms with Gasteiger partial charge in [-0.15, -0.1) is 0 Å². The van der Waals surface area contributed by atoms with Gasteiger partial charge in [0.25, 0.3) is 0 Å². The van der Waals surface area contributed by atoms with Crippen molar-refractivity contribution in [2.75, 3.05) is 7.11 Å². The summed E-state index contributed by atoms with van der Waals surface area (Å²) in [6.07, 6.45) is 13.5. The standard InChI is InChI=1S/C31H37NO3/c1-29(2)27(32-28(35-29)20-7-6-8-22(18-20)34-5)19-13-15-30(3)21(17-19)9-10-23-24-11-12-26(33)31(24,4)16-14-25(23)30/h6-8,13,15,17-18,23-25H,9-12,14,16H2,1-5H3/b27-19+/t23-,24-,25-,30-,31-/m0/s1. The van der Waals surface area contributed by atoms with Gasteiger partial charge in [0.1, 0.15) is 17.1 Å². The molecule has 0 bridgehead atoms. The number of hydrogen-bond donors (Lipinski definition) is 0. The number of carbonyl (C=O) groups excluding carboxylic acids is 1. The van der Waals surface area contributed by atoms with E-state index < -0.39 is 5.60 Å². The van der Waals surface area contributed by atoms with Gasteiger partial charge in [-0.1, -0.05) is 43.7 Å². The number of ketones is 1. The van der Waals surface area contributed by atoms with E-state index in [1.54, 1.807) is 7.11 Å². The van der Waals surface area contributed by atoms with E-state index >= 15 is 0 Å². The third kappa shape index (κ3) is 3.32. The van der Waals surface area contributed by atoms with E-state index in [0.29, 0.717) is 29.4 Å². The van der Waals surface area contributed by atoms with Gasteiger partial charge in [-0.2, -0.15) is 0 Å². The molecule has 1 aliphatic heterocycles. The largest absolute Gasteiger partial charge is 0.497 e. The van der Waals surface area contributed by atoms with Crippen LogP contribution in [0, 0.1) is 28.6 Å². The van der Waals surface area contributed by atoms with Crippen LogP contribution in [0.25, 0.3) is 0 Å². The molecule has 1 aromatic rings. The monoisotopic (exact) mass is 471 g/mol. The van der Waals surface area contributed by atoms with Crippen LogP contribution in [0.2, 0.25) is 0 Å². The first kappa shape index (κ1) is 22.8. The van der Waals surface area contributed by atoms with Crippen LogP contribution in [-0.2, 0) is 9.53 Å². The maximum absolute atomic E-state index is 12.7. The summed E-state index contributed by atoms with van der Waals surface area (Å²) in [4.78, 5) is 17.7. The molecule has 4 aliphatic carbocycles. The van der Waals surface area contributed by atoms with Crippen LogP contribution in [0.5, 0.6) is 5.75 Å². The van der Waals surface area contributed by atoms with Crippen molar-refractivity contribution in [1.29, 1.82) is 0 Å². The maximum Gasteiger partial charge on any atom is 0.222 e. The zero-order valence-corrected chi connectivity index (χ0v) is 21.7. The fourth-order valence-corrected chi connectivity index (χ4v) is 7.98. The van der Waals surface area contributed by atoms with Crippen LogP contribution in [0.15, 0.2) is 64.3 Å². The summed E-state index contributed by atoms with van der Waals surface area (Å²) in [5, 5.41) is 0. The molecule has 6 rings (SSSR count). The molecule has 0 radical (unpaired) electrons. The zero-order valence-electron chi connectivity index (χ0n) is 21.7. The fourth-order valence-electron chi connectivity index (χ4n) is 7.98. The zero-order chi connectivity index (χ0) is 24.6. The second kappa shape index (κ2) is 7.69. The Bertz CT molecular complexity index is 1220. The third-order valence-corrected chi connectivity index (χ3v) is 10.0. The minimum absolute atomic E-state index is 0.0687. The molecule has 4 nitrogen and oxygen atoms in total. The van der Waals surface area contributed by atoms with E-state index in [0.717, 1.165) is 54.7 Å². The second-order valence-electron chi connectivity index (χ2n) is 12.2. The Morgan fingerprint density at radius 1 is 1.06 bits per heavy atom. The predicted octanol–water partition coefficient (Wildman–Crippen LogP) is 6.81. The van der Waals surface area contributed by atoms with Gasteiger partial charge >= 0.3 is 0 Å². The van der Waals surface area contributed by atoms with Crippen molar-refractivity contribution in [2.45, 2.75) is 71.8 Å². The molecule has 0 unspecified atom stereocenters. The number of rotatable bonds is 2. The van der Waals surface area contributed by atoms with Crippen LogP contribution in [0.3, 0.4) is 0 Å². The van der Waals surface area contributed by atoms with Crippen LogP contribution >= 0.6 is 0 Å². The fraction of sp³-hybridized carbons (Fsp3) is 0.548. The van der Waals surface area contributed by atoms with E-state index in [2.05, 4.69) is 45.9 Å². The highest BCUT2D eigenvalue weighted by Crippen LogP contribution is 2.64. The Hall–Kier alpha value is -2.62. The van der Waals surface area contributed by atoms with E-state index in [1.807, 2.05) is 24.3 Å². The number of carbonyl (C=O) groups is 1. The first-order valence-electron chi connectivity index (χ1n) is 13.3. The summed E-state index contributed by atoms with van der Waals surface area (Å²) in [5.74, 6) is 3.82. The van der Waals surface area contributed by atoms with Gasteiger partial charge in [-0.05, 0) is 87.5 Å². The lowest BCUT2D eigenvalue weighted by Gasteiger charge is -2.55. The third-order valence-electron chi connectivity index (χ3n) is 10.0. The summed E-state index contributed by atoms with van der Waals surface area (Å²) in [5.41, 5.74) is 4.11. The smallest absolute Gasteiger partial charge is 0.222 e. The Labute approximate surface area is 209 Å². The van der Waals surface area contributed by atoms with Crippen molar-refractivity contribution in [3.05, 3.63) is 64.9 Å². The number of ether oxygens (including phenoxy) is 2. The topological polar surface area (TPSA) is 47.9 Å². The number of nitrogens with zero attached hydrogens (tertiary/aromatic N) is 1. The minimum atomic E-state index is -0.503. The van der Waals surface area contributed by atoms with E-state index in [-0.39, 0.29) is 10.8 Å². The number of allylic oxidation sites excluding steroid dienone is 5. The normalized spacial score (nSPS) is 39.2.